The van der Waals surface area contributed by atoms with Crippen LogP contribution in [0.1, 0.15) is 18.4 Å². The molecule has 2 aliphatic heterocycles. The third-order valence-electron chi connectivity index (χ3n) is 5.18. The predicted molar refractivity (Wildman–Crippen MR) is 102 cm³/mol. The third kappa shape index (κ3) is 3.59. The van der Waals surface area contributed by atoms with Crippen LogP contribution in [0.15, 0.2) is 40.3 Å². The molecule has 8 heteroatoms. The van der Waals surface area contributed by atoms with Crippen LogP contribution >= 0.6 is 11.8 Å². The maximum atomic E-state index is 14.4. The summed E-state index contributed by atoms with van der Waals surface area (Å²) >= 11 is 1.39. The summed E-state index contributed by atoms with van der Waals surface area (Å²) < 4.78 is 31.1. The van der Waals surface area contributed by atoms with E-state index in [0.29, 0.717) is 37.6 Å². The van der Waals surface area contributed by atoms with Gasteiger partial charge in [0.25, 0.3) is 5.91 Å². The maximum absolute atomic E-state index is 14.4. The fourth-order valence-electron chi connectivity index (χ4n) is 3.52. The van der Waals surface area contributed by atoms with Gasteiger partial charge < -0.3 is 14.2 Å². The molecule has 1 fully saturated rings. The lowest BCUT2D eigenvalue weighted by Gasteiger charge is -2.36. The monoisotopic (exact) mass is 404 g/mol. The zero-order chi connectivity index (χ0) is 19.7. The Morgan fingerprint density at radius 3 is 2.75 bits per heavy atom. The summed E-state index contributed by atoms with van der Waals surface area (Å²) in [4.78, 5) is 19.1. The fourth-order valence-corrected chi connectivity index (χ4v) is 4.42. The van der Waals surface area contributed by atoms with E-state index >= 15 is 0 Å². The van der Waals surface area contributed by atoms with Crippen molar-refractivity contribution >= 4 is 23.5 Å². The van der Waals surface area contributed by atoms with Crippen molar-refractivity contribution in [1.29, 1.82) is 0 Å². The quantitative estimate of drug-likeness (QED) is 0.779. The molecule has 3 heterocycles. The van der Waals surface area contributed by atoms with Crippen LogP contribution in [0, 0.1) is 5.82 Å². The second kappa shape index (κ2) is 7.69. The molecule has 2 aromatic rings. The molecule has 0 aliphatic carbocycles. The molecule has 0 atom stereocenters. The number of halogens is 1. The lowest BCUT2D eigenvalue weighted by atomic mass is 9.86. The average Bonchev–Trinajstić information content (AvgIpc) is 2.71. The molecule has 0 N–H and O–H groups in total. The van der Waals surface area contributed by atoms with E-state index < -0.39 is 5.60 Å². The molecule has 0 spiro atoms. The molecule has 28 heavy (non-hydrogen) atoms. The van der Waals surface area contributed by atoms with Crippen LogP contribution in [-0.4, -0.2) is 44.9 Å². The van der Waals surface area contributed by atoms with Crippen LogP contribution in [0.5, 0.6) is 5.75 Å². The van der Waals surface area contributed by atoms with E-state index in [9.17, 15) is 9.18 Å². The Morgan fingerprint density at radius 2 is 2.00 bits per heavy atom. The van der Waals surface area contributed by atoms with E-state index in [1.807, 2.05) is 12.1 Å². The molecule has 6 nitrogen and oxygen atoms in total. The Kier molecular flexibility index (Phi) is 5.27. The first-order valence-corrected chi connectivity index (χ1v) is 9.84. The van der Waals surface area contributed by atoms with Crippen molar-refractivity contribution < 1.29 is 23.4 Å². The highest BCUT2D eigenvalue weighted by Gasteiger charge is 2.35. The maximum Gasteiger partial charge on any atom is 0.265 e. The number of aromatic nitrogens is 1. The van der Waals surface area contributed by atoms with Crippen LogP contribution in [-0.2, 0) is 19.9 Å². The summed E-state index contributed by atoms with van der Waals surface area (Å²) in [7, 11) is 3.33. The predicted octanol–water partition coefficient (Wildman–Crippen LogP) is 3.38. The minimum absolute atomic E-state index is 0.0121. The summed E-state index contributed by atoms with van der Waals surface area (Å²) in [5.41, 5.74) is 0.281. The standard InChI is InChI=1S/C20H21FN2O4S/c1-23-18(24)12-27-17-10-16(11-22-19(17)23)28-15-8-13(7-14(21)9-15)20(25-2)3-5-26-6-4-20/h7-11H,3-6,12H2,1-2H3. The SMILES string of the molecule is COC1(c2cc(F)cc(Sc3cnc4c(c3)OCC(=O)N4C)c2)CCOCC1. The number of amides is 1. The van der Waals surface area contributed by atoms with Gasteiger partial charge in [-0.1, -0.05) is 11.8 Å². The zero-order valence-corrected chi connectivity index (χ0v) is 16.6. The topological polar surface area (TPSA) is 60.9 Å². The lowest BCUT2D eigenvalue weighted by molar-refractivity contribution is -0.121. The van der Waals surface area contributed by atoms with Crippen molar-refractivity contribution in [3.63, 3.8) is 0 Å². The molecule has 0 unspecified atom stereocenters. The number of benzene rings is 1. The fraction of sp³-hybridized carbons (Fsp3) is 0.400. The third-order valence-corrected chi connectivity index (χ3v) is 6.11. The number of carbonyl (C=O) groups excluding carboxylic acids is 1. The van der Waals surface area contributed by atoms with Gasteiger partial charge in [0.1, 0.15) is 5.82 Å². The summed E-state index contributed by atoms with van der Waals surface area (Å²) in [6, 6.07) is 6.81. The van der Waals surface area contributed by atoms with Gasteiger partial charge in [-0.25, -0.2) is 9.37 Å². The van der Waals surface area contributed by atoms with Crippen molar-refractivity contribution in [1.82, 2.24) is 4.98 Å². The Balaban J connectivity index is 1.62. The number of methoxy groups -OCH3 is 1. The van der Waals surface area contributed by atoms with Crippen LogP contribution in [0.4, 0.5) is 10.2 Å². The number of rotatable bonds is 4. The van der Waals surface area contributed by atoms with E-state index in [1.165, 1.54) is 28.8 Å². The van der Waals surface area contributed by atoms with Gasteiger partial charge in [-0.15, -0.1) is 0 Å². The highest BCUT2D eigenvalue weighted by Crippen LogP contribution is 2.40. The second-order valence-corrected chi connectivity index (χ2v) is 7.97. The van der Waals surface area contributed by atoms with Gasteiger partial charge in [0.2, 0.25) is 0 Å². The largest absolute Gasteiger partial charge is 0.480 e. The number of hydrogen-bond acceptors (Lipinski definition) is 6. The molecule has 2 aliphatic rings. The van der Waals surface area contributed by atoms with Gasteiger partial charge in [-0.3, -0.25) is 9.69 Å². The molecule has 1 aromatic carbocycles. The van der Waals surface area contributed by atoms with E-state index in [4.69, 9.17) is 14.2 Å². The number of likely N-dealkylation sites (N-methyl/N-ethyl adjacent to an activating group) is 1. The molecule has 0 radical (unpaired) electrons. The number of ether oxygens (including phenoxy) is 3. The van der Waals surface area contributed by atoms with E-state index in [-0.39, 0.29) is 18.3 Å². The van der Waals surface area contributed by atoms with Crippen LogP contribution in [0.3, 0.4) is 0 Å². The molecule has 1 amide bonds. The minimum Gasteiger partial charge on any atom is -0.480 e. The van der Waals surface area contributed by atoms with Gasteiger partial charge in [0.15, 0.2) is 18.2 Å². The van der Waals surface area contributed by atoms with E-state index in [2.05, 4.69) is 4.98 Å². The number of nitrogens with zero attached hydrogens (tertiary/aromatic N) is 2. The Morgan fingerprint density at radius 1 is 1.21 bits per heavy atom. The summed E-state index contributed by atoms with van der Waals surface area (Å²) in [5, 5.41) is 0. The first-order chi connectivity index (χ1) is 13.5. The number of fused-ring (bicyclic) bond motifs is 1. The lowest BCUT2D eigenvalue weighted by Crippen LogP contribution is -2.36. The second-order valence-electron chi connectivity index (χ2n) is 6.82. The van der Waals surface area contributed by atoms with Crippen molar-refractivity contribution in [2.75, 3.05) is 38.9 Å². The van der Waals surface area contributed by atoms with Crippen molar-refractivity contribution in [3.8, 4) is 5.75 Å². The number of carbonyl (C=O) groups is 1. The van der Waals surface area contributed by atoms with Gasteiger partial charge in [-0.05, 0) is 29.8 Å². The van der Waals surface area contributed by atoms with Crippen LogP contribution in [0.25, 0.3) is 0 Å². The first kappa shape index (κ1) is 19.2. The number of pyridine rings is 1. The van der Waals surface area contributed by atoms with Crippen molar-refractivity contribution in [2.24, 2.45) is 0 Å². The number of anilines is 1. The van der Waals surface area contributed by atoms with Crippen LogP contribution < -0.4 is 9.64 Å². The Labute approximate surface area is 167 Å². The molecule has 1 aromatic heterocycles. The van der Waals surface area contributed by atoms with Gasteiger partial charge in [0.05, 0.1) is 5.60 Å². The molecule has 4 rings (SSSR count). The minimum atomic E-state index is -0.532. The molecule has 1 saturated heterocycles. The van der Waals surface area contributed by atoms with Crippen LogP contribution in [0.2, 0.25) is 0 Å². The molecule has 0 saturated carbocycles. The van der Waals surface area contributed by atoms with E-state index in [1.54, 1.807) is 20.4 Å². The Hall–Kier alpha value is -2.16. The molecule has 148 valence electrons. The zero-order valence-electron chi connectivity index (χ0n) is 15.7. The van der Waals surface area contributed by atoms with Gasteiger partial charge in [0, 0.05) is 56.2 Å². The smallest absolute Gasteiger partial charge is 0.265 e. The summed E-state index contributed by atoms with van der Waals surface area (Å²) in [5.74, 6) is 0.578. The highest BCUT2D eigenvalue weighted by molar-refractivity contribution is 7.99. The molecule has 0 bridgehead atoms. The highest BCUT2D eigenvalue weighted by atomic mass is 32.2. The molecular weight excluding hydrogens is 383 g/mol. The Bertz CT molecular complexity index is 902. The first-order valence-electron chi connectivity index (χ1n) is 9.02. The molecular formula is C20H21FN2O4S. The van der Waals surface area contributed by atoms with Crippen molar-refractivity contribution in [2.45, 2.75) is 28.2 Å². The summed E-state index contributed by atoms with van der Waals surface area (Å²) in [6.07, 6.45) is 3.03. The van der Waals surface area contributed by atoms with E-state index in [0.717, 1.165) is 15.4 Å². The van der Waals surface area contributed by atoms with Crippen molar-refractivity contribution in [3.05, 3.63) is 41.8 Å². The number of hydrogen-bond donors (Lipinski definition) is 0. The normalized spacial score (nSPS) is 18.5. The summed E-state index contributed by atoms with van der Waals surface area (Å²) in [6.45, 7) is 1.16. The average molecular weight is 404 g/mol. The van der Waals surface area contributed by atoms with Gasteiger partial charge in [-0.2, -0.15) is 0 Å². The van der Waals surface area contributed by atoms with Gasteiger partial charge >= 0.3 is 0 Å².